The predicted octanol–water partition coefficient (Wildman–Crippen LogP) is 2.58. The molecule has 0 amide bonds. The van der Waals surface area contributed by atoms with Crippen molar-refractivity contribution in [3.63, 3.8) is 0 Å². The summed E-state index contributed by atoms with van der Waals surface area (Å²) in [5.41, 5.74) is -0.933. The van der Waals surface area contributed by atoms with Crippen LogP contribution in [0.2, 0.25) is 5.02 Å². The number of pyridine rings is 1. The van der Waals surface area contributed by atoms with Gasteiger partial charge in [-0.25, -0.2) is 13.4 Å². The van der Waals surface area contributed by atoms with E-state index < -0.39 is 31.3 Å². The van der Waals surface area contributed by atoms with Crippen LogP contribution in [0.25, 0.3) is 0 Å². The monoisotopic (exact) mass is 331 g/mol. The van der Waals surface area contributed by atoms with E-state index in [2.05, 4.69) is 9.71 Å². The summed E-state index contributed by atoms with van der Waals surface area (Å²) in [6, 6.07) is 4.95. The van der Waals surface area contributed by atoms with Gasteiger partial charge < -0.3 is 0 Å². The third-order valence-electron chi connectivity index (χ3n) is 2.39. The second-order valence-corrected chi connectivity index (χ2v) is 5.95. The third kappa shape index (κ3) is 3.44. The molecule has 0 aliphatic heterocycles. The van der Waals surface area contributed by atoms with Crippen LogP contribution in [-0.2, 0) is 10.0 Å². The first-order valence-electron chi connectivity index (χ1n) is 5.38. The molecule has 1 aromatic heterocycles. The number of rotatable bonds is 4. The minimum atomic E-state index is -4.15. The van der Waals surface area contributed by atoms with Crippen LogP contribution in [-0.4, -0.2) is 18.3 Å². The van der Waals surface area contributed by atoms with Crippen LogP contribution in [0.3, 0.4) is 0 Å². The maximum Gasteiger partial charge on any atom is 0.306 e. The van der Waals surface area contributed by atoms with Crippen LogP contribution in [0.1, 0.15) is 0 Å². The quantitative estimate of drug-likeness (QED) is 0.685. The van der Waals surface area contributed by atoms with Crippen molar-refractivity contribution in [1.29, 1.82) is 0 Å². The average molecular weight is 332 g/mol. The molecule has 0 radical (unpaired) electrons. The Morgan fingerprint density at radius 1 is 1.29 bits per heavy atom. The van der Waals surface area contributed by atoms with Crippen molar-refractivity contribution in [2.75, 3.05) is 4.72 Å². The third-order valence-corrected chi connectivity index (χ3v) is 3.97. The maximum atomic E-state index is 13.2. The molecule has 110 valence electrons. The fraction of sp³-hybridized carbons (Fsp3) is 0. The summed E-state index contributed by atoms with van der Waals surface area (Å²) in [6.45, 7) is 0. The molecule has 2 aromatic rings. The van der Waals surface area contributed by atoms with E-state index in [1.54, 1.807) is 0 Å². The Balaban J connectivity index is 2.40. The molecule has 2 rings (SSSR count). The Hall–Kier alpha value is -2.26. The van der Waals surface area contributed by atoms with Gasteiger partial charge in [-0.05, 0) is 18.2 Å². The van der Waals surface area contributed by atoms with Crippen LogP contribution in [0.4, 0.5) is 15.9 Å². The van der Waals surface area contributed by atoms with Gasteiger partial charge in [-0.1, -0.05) is 11.6 Å². The predicted molar refractivity (Wildman–Crippen MR) is 73.1 cm³/mol. The summed E-state index contributed by atoms with van der Waals surface area (Å²) < 4.78 is 39.4. The lowest BCUT2D eigenvalue weighted by Crippen LogP contribution is -2.14. The van der Waals surface area contributed by atoms with E-state index in [9.17, 15) is 22.9 Å². The number of nitro groups is 1. The number of anilines is 1. The molecule has 10 heteroatoms. The lowest BCUT2D eigenvalue weighted by atomic mass is 10.3. The highest BCUT2D eigenvalue weighted by molar-refractivity contribution is 7.92. The van der Waals surface area contributed by atoms with Crippen molar-refractivity contribution in [3.05, 3.63) is 57.5 Å². The first kappa shape index (κ1) is 15.1. The topological polar surface area (TPSA) is 102 Å². The second-order valence-electron chi connectivity index (χ2n) is 3.84. The zero-order valence-electron chi connectivity index (χ0n) is 10.2. The number of halogens is 2. The van der Waals surface area contributed by atoms with E-state index in [0.29, 0.717) is 12.1 Å². The van der Waals surface area contributed by atoms with E-state index in [4.69, 9.17) is 11.6 Å². The SMILES string of the molecule is O=[N+]([O-])c1cc(S(=O)(=O)Nc2cc(Cl)ccn2)ccc1F. The van der Waals surface area contributed by atoms with Gasteiger partial charge in [0, 0.05) is 23.4 Å². The fourth-order valence-corrected chi connectivity index (χ4v) is 2.64. The molecular formula is C11H7ClFN3O4S. The number of aromatic nitrogens is 1. The Morgan fingerprint density at radius 2 is 2.00 bits per heavy atom. The number of nitrogens with zero attached hydrogens (tertiary/aromatic N) is 2. The Labute approximate surface area is 123 Å². The molecule has 1 N–H and O–H groups in total. The molecule has 0 saturated carbocycles. The van der Waals surface area contributed by atoms with Gasteiger partial charge in [-0.2, -0.15) is 4.39 Å². The Bertz CT molecular complexity index is 813. The first-order chi connectivity index (χ1) is 9.79. The largest absolute Gasteiger partial charge is 0.306 e. The second kappa shape index (κ2) is 5.62. The summed E-state index contributed by atoms with van der Waals surface area (Å²) in [6.07, 6.45) is 1.29. The number of nitrogens with one attached hydrogen (secondary N) is 1. The Morgan fingerprint density at radius 3 is 2.62 bits per heavy atom. The lowest BCUT2D eigenvalue weighted by molar-refractivity contribution is -0.387. The van der Waals surface area contributed by atoms with Gasteiger partial charge in [0.2, 0.25) is 5.82 Å². The number of hydrogen-bond acceptors (Lipinski definition) is 5. The van der Waals surface area contributed by atoms with Crippen LogP contribution in [0.15, 0.2) is 41.4 Å². The molecule has 0 unspecified atom stereocenters. The summed E-state index contributed by atoms with van der Waals surface area (Å²) in [7, 11) is -4.15. The number of hydrogen-bond donors (Lipinski definition) is 1. The van der Waals surface area contributed by atoms with Crippen molar-refractivity contribution in [2.45, 2.75) is 4.90 Å². The normalized spacial score (nSPS) is 11.1. The van der Waals surface area contributed by atoms with Crippen molar-refractivity contribution < 1.29 is 17.7 Å². The summed E-state index contributed by atoms with van der Waals surface area (Å²) in [5.74, 6) is -1.19. The smallest absolute Gasteiger partial charge is 0.263 e. The van der Waals surface area contributed by atoms with Crippen molar-refractivity contribution in [1.82, 2.24) is 4.98 Å². The van der Waals surface area contributed by atoms with Crippen molar-refractivity contribution in [2.24, 2.45) is 0 Å². The molecule has 0 fully saturated rings. The summed E-state index contributed by atoms with van der Waals surface area (Å²) in [4.78, 5) is 12.9. The molecule has 0 spiro atoms. The molecule has 0 aliphatic carbocycles. The summed E-state index contributed by atoms with van der Waals surface area (Å²) >= 11 is 5.69. The van der Waals surface area contributed by atoms with E-state index in [-0.39, 0.29) is 10.8 Å². The minimum absolute atomic E-state index is 0.0607. The van der Waals surface area contributed by atoms with Gasteiger partial charge in [0.15, 0.2) is 0 Å². The van der Waals surface area contributed by atoms with Gasteiger partial charge >= 0.3 is 5.69 Å². The highest BCUT2D eigenvalue weighted by Crippen LogP contribution is 2.23. The molecule has 7 nitrogen and oxygen atoms in total. The lowest BCUT2D eigenvalue weighted by Gasteiger charge is -2.07. The average Bonchev–Trinajstić information content (AvgIpc) is 2.38. The standard InChI is InChI=1S/C11H7ClFN3O4S/c12-7-3-4-14-11(5-7)15-21(19,20)8-1-2-9(13)10(6-8)16(17)18/h1-6H,(H,14,15). The summed E-state index contributed by atoms with van der Waals surface area (Å²) in [5, 5.41) is 10.9. The van der Waals surface area contributed by atoms with Gasteiger partial charge in [0.05, 0.1) is 9.82 Å². The highest BCUT2D eigenvalue weighted by Gasteiger charge is 2.22. The van der Waals surface area contributed by atoms with Crippen LogP contribution < -0.4 is 4.72 Å². The van der Waals surface area contributed by atoms with E-state index in [1.807, 2.05) is 0 Å². The number of benzene rings is 1. The molecule has 1 heterocycles. The van der Waals surface area contributed by atoms with Gasteiger partial charge in [0.1, 0.15) is 5.82 Å². The number of sulfonamides is 1. The van der Waals surface area contributed by atoms with E-state index in [0.717, 1.165) is 6.07 Å². The van der Waals surface area contributed by atoms with E-state index >= 15 is 0 Å². The maximum absolute atomic E-state index is 13.2. The fourth-order valence-electron chi connectivity index (χ4n) is 1.46. The van der Waals surface area contributed by atoms with Gasteiger partial charge in [0.25, 0.3) is 10.0 Å². The van der Waals surface area contributed by atoms with Crippen molar-refractivity contribution >= 4 is 33.1 Å². The molecule has 0 bridgehead atoms. The molecule has 0 aliphatic rings. The van der Waals surface area contributed by atoms with E-state index in [1.165, 1.54) is 18.3 Å². The minimum Gasteiger partial charge on any atom is -0.263 e. The van der Waals surface area contributed by atoms with Crippen LogP contribution >= 0.6 is 11.6 Å². The van der Waals surface area contributed by atoms with Crippen LogP contribution in [0, 0.1) is 15.9 Å². The van der Waals surface area contributed by atoms with Gasteiger partial charge in [-0.15, -0.1) is 0 Å². The van der Waals surface area contributed by atoms with Gasteiger partial charge in [-0.3, -0.25) is 14.8 Å². The Kier molecular flexibility index (Phi) is 4.05. The molecule has 21 heavy (non-hydrogen) atoms. The first-order valence-corrected chi connectivity index (χ1v) is 7.24. The zero-order chi connectivity index (χ0) is 15.6. The van der Waals surface area contributed by atoms with Crippen molar-refractivity contribution in [3.8, 4) is 0 Å². The highest BCUT2D eigenvalue weighted by atomic mass is 35.5. The van der Waals surface area contributed by atoms with Crippen LogP contribution in [0.5, 0.6) is 0 Å². The molecule has 0 atom stereocenters. The molecule has 1 aromatic carbocycles. The number of nitro benzene ring substituents is 1. The zero-order valence-corrected chi connectivity index (χ0v) is 11.7. The molecule has 0 saturated heterocycles. The molecular weight excluding hydrogens is 325 g/mol.